The van der Waals surface area contributed by atoms with Gasteiger partial charge in [-0.25, -0.2) is 4.79 Å². The molecule has 312 valence electrons. The summed E-state index contributed by atoms with van der Waals surface area (Å²) < 4.78 is 35.2. The molecule has 14 heteroatoms. The Morgan fingerprint density at radius 2 is 1.47 bits per heavy atom. The smallest absolute Gasteiger partial charge is 0.356 e. The van der Waals surface area contributed by atoms with E-state index in [-0.39, 0.29) is 28.7 Å². The van der Waals surface area contributed by atoms with Gasteiger partial charge in [0.15, 0.2) is 12.7 Å². The van der Waals surface area contributed by atoms with Crippen molar-refractivity contribution in [1.29, 1.82) is 0 Å². The molecule has 1 N–H and O–H groups in total. The molecule has 4 aromatic carbocycles. The number of aliphatic hydroxyl groups excluding tert-OH is 1. The van der Waals surface area contributed by atoms with Crippen LogP contribution in [0.4, 0.5) is 4.39 Å². The number of halogens is 1. The van der Waals surface area contributed by atoms with E-state index in [1.807, 2.05) is 110 Å². The number of aromatic nitrogens is 2. The SMILES string of the molecule is COc1ccc(COC(=O)C(N2C(=O)[C@H]([C@@H](C)O[Si](C)(C)C(C)(C)C)[C@H]2[C@@H](CF)[C@H](O)CSc2nncs2)=P(c2ccccc2)(c2ccccc2)c2ccccc2)cc1. The molecule has 9 nitrogen and oxygen atoms in total. The Morgan fingerprint density at radius 3 is 1.93 bits per heavy atom. The van der Waals surface area contributed by atoms with E-state index >= 15 is 14.0 Å². The molecule has 0 bridgehead atoms. The Kier molecular flexibility index (Phi) is 14.4. The van der Waals surface area contributed by atoms with Crippen LogP contribution in [0.1, 0.15) is 33.3 Å². The molecule has 2 heterocycles. The highest BCUT2D eigenvalue weighted by Gasteiger charge is 2.60. The fourth-order valence-electron chi connectivity index (χ4n) is 7.46. The maximum absolute atomic E-state index is 16.0. The Hall–Kier alpha value is -4.10. The Balaban J connectivity index is 1.62. The van der Waals surface area contributed by atoms with E-state index in [2.05, 4.69) is 44.1 Å². The third kappa shape index (κ3) is 9.31. The molecule has 1 amide bonds. The number of methoxy groups -OCH3 is 1. The number of thioether (sulfide) groups is 1. The highest BCUT2D eigenvalue weighted by Crippen LogP contribution is 2.51. The Bertz CT molecular complexity index is 2110. The van der Waals surface area contributed by atoms with E-state index < -0.39 is 57.9 Å². The molecule has 5 aromatic rings. The zero-order chi connectivity index (χ0) is 42.4. The molecule has 59 heavy (non-hydrogen) atoms. The highest BCUT2D eigenvalue weighted by molar-refractivity contribution is 8.01. The molecular weight excluding hydrogens is 821 g/mol. The lowest BCUT2D eigenvalue weighted by molar-refractivity contribution is -0.163. The van der Waals surface area contributed by atoms with Gasteiger partial charge in [0.2, 0.25) is 5.91 Å². The molecule has 0 radical (unpaired) electrons. The van der Waals surface area contributed by atoms with Gasteiger partial charge in [0, 0.05) is 18.6 Å². The lowest BCUT2D eigenvalue weighted by atomic mass is 9.74. The van der Waals surface area contributed by atoms with Gasteiger partial charge in [-0.05, 0) is 58.7 Å². The predicted octanol–water partition coefficient (Wildman–Crippen LogP) is 7.69. The van der Waals surface area contributed by atoms with Gasteiger partial charge >= 0.3 is 5.97 Å². The van der Waals surface area contributed by atoms with Gasteiger partial charge in [0.05, 0.1) is 38.0 Å². The Morgan fingerprint density at radius 1 is 0.932 bits per heavy atom. The van der Waals surface area contributed by atoms with E-state index in [4.69, 9.17) is 13.9 Å². The van der Waals surface area contributed by atoms with Gasteiger partial charge < -0.3 is 23.9 Å². The minimum Gasteiger partial charge on any atom is -0.497 e. The summed E-state index contributed by atoms with van der Waals surface area (Å²) in [6, 6.07) is 35.4. The van der Waals surface area contributed by atoms with Gasteiger partial charge in [-0.15, -0.1) is 10.2 Å². The monoisotopic (exact) mass is 873 g/mol. The summed E-state index contributed by atoms with van der Waals surface area (Å²) in [6.45, 7) is 8.07. The minimum atomic E-state index is -3.34. The number of nitrogens with zero attached hydrogens (tertiary/aromatic N) is 3. The van der Waals surface area contributed by atoms with E-state index in [9.17, 15) is 5.11 Å². The van der Waals surface area contributed by atoms with Crippen LogP contribution >= 0.6 is 30.0 Å². The molecule has 1 aromatic heterocycles. The van der Waals surface area contributed by atoms with Crippen molar-refractivity contribution in [3.8, 4) is 5.75 Å². The van der Waals surface area contributed by atoms with Gasteiger partial charge in [0.1, 0.15) is 23.3 Å². The van der Waals surface area contributed by atoms with E-state index in [1.165, 1.54) is 28.0 Å². The second kappa shape index (κ2) is 19.1. The number of hydrogen-bond acceptors (Lipinski definition) is 10. The molecule has 1 aliphatic heterocycles. The second-order valence-electron chi connectivity index (χ2n) is 16.1. The molecule has 0 spiro atoms. The first-order valence-electron chi connectivity index (χ1n) is 19.6. The second-order valence-corrected chi connectivity index (χ2v) is 26.3. The van der Waals surface area contributed by atoms with Gasteiger partial charge in [-0.1, -0.05) is 147 Å². The average Bonchev–Trinajstić information content (AvgIpc) is 3.76. The first-order chi connectivity index (χ1) is 28.2. The minimum absolute atomic E-state index is 0.0973. The van der Waals surface area contributed by atoms with E-state index in [1.54, 1.807) is 24.8 Å². The van der Waals surface area contributed by atoms with E-state index in [0.717, 1.165) is 15.9 Å². The number of β-lactam (4-membered cyclic amide) rings is 1. The summed E-state index contributed by atoms with van der Waals surface area (Å²) in [4.78, 5) is 32.3. The quantitative estimate of drug-likeness (QED) is 0.0331. The number of amides is 1. The molecule has 0 saturated carbocycles. The van der Waals surface area contributed by atoms with Crippen LogP contribution in [0.5, 0.6) is 5.75 Å². The normalized spacial score (nSPS) is 17.4. The van der Waals surface area contributed by atoms with Crippen LogP contribution in [-0.2, 0) is 25.4 Å². The zero-order valence-electron chi connectivity index (χ0n) is 34.5. The molecule has 0 unspecified atom stereocenters. The maximum atomic E-state index is 16.0. The number of benzene rings is 4. The number of alkyl halides is 1. The fraction of sp³-hybridized carbons (Fsp3) is 0.356. The van der Waals surface area contributed by atoms with Gasteiger partial charge in [0.25, 0.3) is 0 Å². The van der Waals surface area contributed by atoms with Crippen LogP contribution in [0.3, 0.4) is 0 Å². The molecule has 6 rings (SSSR count). The van der Waals surface area contributed by atoms with Crippen LogP contribution in [0, 0.1) is 11.8 Å². The number of ether oxygens (including phenoxy) is 2. The maximum Gasteiger partial charge on any atom is 0.356 e. The number of likely N-dealkylation sites (tertiary alicyclic amines) is 1. The summed E-state index contributed by atoms with van der Waals surface area (Å²) in [7, 11) is -0.882. The summed E-state index contributed by atoms with van der Waals surface area (Å²) >= 11 is 2.60. The van der Waals surface area contributed by atoms with Crippen molar-refractivity contribution in [2.24, 2.45) is 11.8 Å². The number of aliphatic hydroxyl groups is 1. The molecule has 1 saturated heterocycles. The highest BCUT2D eigenvalue weighted by atomic mass is 32.2. The van der Waals surface area contributed by atoms with Crippen LogP contribution in [0.25, 0.3) is 0 Å². The van der Waals surface area contributed by atoms with Gasteiger partial charge in [-0.3, -0.25) is 9.18 Å². The molecule has 1 fully saturated rings. The van der Waals surface area contributed by atoms with Crippen molar-refractivity contribution >= 4 is 71.5 Å². The first kappa shape index (κ1) is 44.4. The van der Waals surface area contributed by atoms with Crippen LogP contribution in [0.2, 0.25) is 18.1 Å². The predicted molar refractivity (Wildman–Crippen MR) is 241 cm³/mol. The lowest BCUT2D eigenvalue weighted by Crippen LogP contribution is -2.72. The summed E-state index contributed by atoms with van der Waals surface area (Å²) in [5, 5.41) is 22.2. The largest absolute Gasteiger partial charge is 0.497 e. The number of hydrogen-bond donors (Lipinski definition) is 1. The molecular formula is C45H53FN3O6PS2Si. The summed E-state index contributed by atoms with van der Waals surface area (Å²) in [5.74, 6) is -2.32. The standard InChI is InChI=1S/C45H53FN3O6PS2Si/c1-31(55-59(6,7)45(2,3)4)39-40(37(27-46)38(50)29-57-44-48-47-30-58-44)49(41(39)51)42(43(52)54-28-32-23-25-33(53-5)26-24-32)56(34-17-11-8-12-18-34,35-19-13-9-14-20-35)36-21-15-10-16-22-36/h8-26,30-31,37-40,50H,27-29H2,1-7H3/t31-,37+,38-,39-,40-/m1/s1. The van der Waals surface area contributed by atoms with E-state index in [0.29, 0.717) is 15.7 Å². The molecule has 0 aliphatic carbocycles. The number of carbonyl (C=O) groups is 2. The molecule has 1 aliphatic rings. The van der Waals surface area contributed by atoms with Crippen molar-refractivity contribution < 1.29 is 33.0 Å². The fourth-order valence-corrected chi connectivity index (χ4v) is 14.8. The van der Waals surface area contributed by atoms with Crippen LogP contribution < -0.4 is 20.7 Å². The number of carbonyl (C=O) groups excluding carboxylic acids is 2. The topological polar surface area (TPSA) is 111 Å². The van der Waals surface area contributed by atoms with Gasteiger partial charge in [-0.2, -0.15) is 0 Å². The van der Waals surface area contributed by atoms with Crippen molar-refractivity contribution in [3.05, 3.63) is 126 Å². The average molecular weight is 874 g/mol. The number of rotatable bonds is 17. The Labute approximate surface area is 356 Å². The third-order valence-corrected chi connectivity index (χ3v) is 22.3. The first-order valence-corrected chi connectivity index (χ1v) is 26.2. The van der Waals surface area contributed by atoms with Crippen molar-refractivity contribution in [2.75, 3.05) is 19.5 Å². The molecule has 5 atom stereocenters. The lowest BCUT2D eigenvalue weighted by Gasteiger charge is -2.55. The number of esters is 1. The third-order valence-electron chi connectivity index (χ3n) is 11.5. The van der Waals surface area contributed by atoms with Crippen LogP contribution in [-0.4, -0.2) is 83.6 Å². The van der Waals surface area contributed by atoms with Crippen LogP contribution in [0.15, 0.2) is 125 Å². The summed E-state index contributed by atoms with van der Waals surface area (Å²) in [5.41, 5.74) is 2.43. The van der Waals surface area contributed by atoms with Crippen molar-refractivity contribution in [1.82, 2.24) is 15.1 Å². The zero-order valence-corrected chi connectivity index (χ0v) is 38.1. The summed E-state index contributed by atoms with van der Waals surface area (Å²) in [6.07, 6.45) is -1.89. The van der Waals surface area contributed by atoms with Crippen molar-refractivity contribution in [2.45, 2.75) is 75.0 Å². The van der Waals surface area contributed by atoms with Crippen molar-refractivity contribution in [3.63, 3.8) is 0 Å².